The fourth-order valence-corrected chi connectivity index (χ4v) is 3.04. The van der Waals surface area contributed by atoms with E-state index >= 15 is 0 Å². The molecule has 1 aromatic carbocycles. The summed E-state index contributed by atoms with van der Waals surface area (Å²) in [5.41, 5.74) is 3.71. The molecule has 156 valence electrons. The Hall–Kier alpha value is -3.19. The molecule has 0 fully saturated rings. The molecule has 3 aromatic rings. The largest absolute Gasteiger partial charge is 0.448 e. The van der Waals surface area contributed by atoms with Crippen molar-refractivity contribution < 1.29 is 14.3 Å². The van der Waals surface area contributed by atoms with Gasteiger partial charge in [-0.3, -0.25) is 4.79 Å². The van der Waals surface area contributed by atoms with E-state index in [4.69, 9.17) is 16.3 Å². The van der Waals surface area contributed by atoms with Gasteiger partial charge in [-0.2, -0.15) is 5.10 Å². The Morgan fingerprint density at radius 2 is 1.83 bits per heavy atom. The van der Waals surface area contributed by atoms with Crippen LogP contribution < -0.4 is 5.32 Å². The Bertz CT molecular complexity index is 1080. The molecule has 7 nitrogen and oxygen atoms in total. The number of carbonyl (C=O) groups excluding carboxylic acids is 2. The number of esters is 1. The lowest BCUT2D eigenvalue weighted by Crippen LogP contribution is -2.35. The molecule has 0 aliphatic carbocycles. The topological polar surface area (TPSA) is 86.1 Å². The third-order valence-corrected chi connectivity index (χ3v) is 4.80. The average molecular weight is 427 g/mol. The number of nitrogens with one attached hydrogen (secondary N) is 1. The highest BCUT2D eigenvalue weighted by Crippen LogP contribution is 2.19. The zero-order valence-corrected chi connectivity index (χ0v) is 18.0. The van der Waals surface area contributed by atoms with Crippen LogP contribution in [-0.4, -0.2) is 32.7 Å². The maximum atomic E-state index is 12.6. The predicted octanol–water partition coefficient (Wildman–Crippen LogP) is 3.71. The zero-order valence-electron chi connectivity index (χ0n) is 17.3. The average Bonchev–Trinajstić information content (AvgIpc) is 3.05. The Kier molecular flexibility index (Phi) is 6.52. The van der Waals surface area contributed by atoms with Gasteiger partial charge in [-0.15, -0.1) is 0 Å². The van der Waals surface area contributed by atoms with Crippen molar-refractivity contribution in [3.8, 4) is 5.82 Å². The minimum Gasteiger partial charge on any atom is -0.448 e. The first-order valence-electron chi connectivity index (χ1n) is 9.49. The van der Waals surface area contributed by atoms with Crippen LogP contribution in [0.3, 0.4) is 0 Å². The smallest absolute Gasteiger partial charge is 0.359 e. The van der Waals surface area contributed by atoms with Gasteiger partial charge >= 0.3 is 5.97 Å². The fraction of sp³-hybridized carbons (Fsp3) is 0.273. The van der Waals surface area contributed by atoms with Crippen molar-refractivity contribution in [2.45, 2.75) is 40.3 Å². The van der Waals surface area contributed by atoms with Crippen LogP contribution >= 0.6 is 11.6 Å². The van der Waals surface area contributed by atoms with E-state index in [1.165, 1.54) is 6.92 Å². The minimum atomic E-state index is -1.00. The Labute approximate surface area is 180 Å². The van der Waals surface area contributed by atoms with E-state index in [2.05, 4.69) is 15.4 Å². The highest BCUT2D eigenvalue weighted by Gasteiger charge is 2.22. The van der Waals surface area contributed by atoms with E-state index in [0.717, 1.165) is 22.5 Å². The first kappa shape index (κ1) is 21.5. The summed E-state index contributed by atoms with van der Waals surface area (Å²) in [5, 5.41) is 7.24. The van der Waals surface area contributed by atoms with Crippen LogP contribution in [0.25, 0.3) is 5.82 Å². The zero-order chi connectivity index (χ0) is 21.8. The van der Waals surface area contributed by atoms with Crippen LogP contribution in [-0.2, 0) is 16.1 Å². The molecule has 30 heavy (non-hydrogen) atoms. The normalized spacial score (nSPS) is 11.8. The van der Waals surface area contributed by atoms with Gasteiger partial charge in [-0.1, -0.05) is 41.4 Å². The number of carbonyl (C=O) groups is 2. The summed E-state index contributed by atoms with van der Waals surface area (Å²) in [6, 6.07) is 12.9. The van der Waals surface area contributed by atoms with Crippen molar-refractivity contribution in [2.24, 2.45) is 0 Å². The lowest BCUT2D eigenvalue weighted by atomic mass is 10.1. The number of ether oxygens (including phenoxy) is 1. The van der Waals surface area contributed by atoms with E-state index in [0.29, 0.717) is 12.4 Å². The van der Waals surface area contributed by atoms with Crippen molar-refractivity contribution in [1.29, 1.82) is 0 Å². The Balaban J connectivity index is 1.67. The van der Waals surface area contributed by atoms with Gasteiger partial charge in [-0.05, 0) is 51.5 Å². The van der Waals surface area contributed by atoms with Crippen LogP contribution in [0, 0.1) is 20.8 Å². The van der Waals surface area contributed by atoms with Crippen molar-refractivity contribution in [3.63, 3.8) is 0 Å². The molecule has 1 N–H and O–H groups in total. The van der Waals surface area contributed by atoms with E-state index in [1.54, 1.807) is 16.8 Å². The van der Waals surface area contributed by atoms with E-state index < -0.39 is 18.0 Å². The molecule has 8 heteroatoms. The molecule has 0 aliphatic rings. The standard InChI is InChI=1S/C22H23ClN4O3/c1-13-5-7-17(8-6-13)12-24-21(28)16(4)30-22(29)20-18(23)9-10-19(25-20)27-15(3)11-14(2)26-27/h5-11,16H,12H2,1-4H3,(H,24,28). The van der Waals surface area contributed by atoms with Crippen molar-refractivity contribution >= 4 is 23.5 Å². The number of halogens is 1. The molecule has 2 aromatic heterocycles. The van der Waals surface area contributed by atoms with Gasteiger partial charge in [0, 0.05) is 12.2 Å². The lowest BCUT2D eigenvalue weighted by Gasteiger charge is -2.14. The highest BCUT2D eigenvalue weighted by atomic mass is 35.5. The number of nitrogens with zero attached hydrogens (tertiary/aromatic N) is 3. The van der Waals surface area contributed by atoms with Crippen LogP contribution in [0.5, 0.6) is 0 Å². The summed E-state index contributed by atoms with van der Waals surface area (Å²) in [6.45, 7) is 7.59. The van der Waals surface area contributed by atoms with Gasteiger partial charge in [0.25, 0.3) is 5.91 Å². The monoisotopic (exact) mass is 426 g/mol. The number of rotatable bonds is 6. The molecule has 0 bridgehead atoms. The molecule has 0 radical (unpaired) electrons. The first-order chi connectivity index (χ1) is 14.2. The lowest BCUT2D eigenvalue weighted by molar-refractivity contribution is -0.129. The number of aromatic nitrogens is 3. The van der Waals surface area contributed by atoms with Crippen LogP contribution in [0.15, 0.2) is 42.5 Å². The molecule has 2 heterocycles. The number of hydrogen-bond donors (Lipinski definition) is 1. The van der Waals surface area contributed by atoms with Gasteiger partial charge in [0.15, 0.2) is 17.6 Å². The van der Waals surface area contributed by atoms with Crippen molar-refractivity contribution in [1.82, 2.24) is 20.1 Å². The number of pyridine rings is 1. The number of benzene rings is 1. The molecule has 1 unspecified atom stereocenters. The summed E-state index contributed by atoms with van der Waals surface area (Å²) in [5.74, 6) is -0.746. The number of aryl methyl sites for hydroxylation is 3. The second-order valence-electron chi connectivity index (χ2n) is 7.09. The van der Waals surface area contributed by atoms with Gasteiger partial charge in [0.2, 0.25) is 0 Å². The molecule has 0 aliphatic heterocycles. The second kappa shape index (κ2) is 9.09. The third-order valence-electron chi connectivity index (χ3n) is 4.49. The second-order valence-corrected chi connectivity index (χ2v) is 7.50. The van der Waals surface area contributed by atoms with Crippen LogP contribution in [0.1, 0.15) is 39.9 Å². The van der Waals surface area contributed by atoms with E-state index in [9.17, 15) is 9.59 Å². The summed E-state index contributed by atoms with van der Waals surface area (Å²) in [4.78, 5) is 29.2. The Morgan fingerprint density at radius 3 is 2.47 bits per heavy atom. The Morgan fingerprint density at radius 1 is 1.13 bits per heavy atom. The first-order valence-corrected chi connectivity index (χ1v) is 9.87. The summed E-state index contributed by atoms with van der Waals surface area (Å²) < 4.78 is 6.90. The molecule has 1 amide bonds. The van der Waals surface area contributed by atoms with E-state index in [1.807, 2.05) is 51.1 Å². The highest BCUT2D eigenvalue weighted by molar-refractivity contribution is 6.33. The summed E-state index contributed by atoms with van der Waals surface area (Å²) in [7, 11) is 0. The third kappa shape index (κ3) is 5.04. The summed E-state index contributed by atoms with van der Waals surface area (Å²) >= 11 is 6.15. The quantitative estimate of drug-likeness (QED) is 0.607. The molecule has 0 saturated heterocycles. The van der Waals surface area contributed by atoms with Crippen molar-refractivity contribution in [3.05, 3.63) is 75.7 Å². The number of hydrogen-bond acceptors (Lipinski definition) is 5. The maximum Gasteiger partial charge on any atom is 0.359 e. The number of amides is 1. The molecular weight excluding hydrogens is 404 g/mol. The molecular formula is C22H23ClN4O3. The molecule has 0 spiro atoms. The van der Waals surface area contributed by atoms with Gasteiger partial charge in [0.1, 0.15) is 0 Å². The fourth-order valence-electron chi connectivity index (χ4n) is 2.86. The van der Waals surface area contributed by atoms with Crippen molar-refractivity contribution in [2.75, 3.05) is 0 Å². The summed E-state index contributed by atoms with van der Waals surface area (Å²) in [6.07, 6.45) is -1.00. The SMILES string of the molecule is Cc1ccc(CNC(=O)C(C)OC(=O)c2nc(-n3nc(C)cc3C)ccc2Cl)cc1. The van der Waals surface area contributed by atoms with Gasteiger partial charge in [-0.25, -0.2) is 14.5 Å². The van der Waals surface area contributed by atoms with Crippen LogP contribution in [0.4, 0.5) is 0 Å². The predicted molar refractivity (Wildman–Crippen MR) is 114 cm³/mol. The van der Waals surface area contributed by atoms with Gasteiger partial charge < -0.3 is 10.1 Å². The maximum absolute atomic E-state index is 12.6. The molecule has 1 atom stereocenters. The molecule has 3 rings (SSSR count). The van der Waals surface area contributed by atoms with Crippen LogP contribution in [0.2, 0.25) is 5.02 Å². The van der Waals surface area contributed by atoms with E-state index in [-0.39, 0.29) is 10.7 Å². The molecule has 0 saturated carbocycles. The minimum absolute atomic E-state index is 0.0695. The van der Waals surface area contributed by atoms with Gasteiger partial charge in [0.05, 0.1) is 10.7 Å².